The monoisotopic (exact) mass is 610 g/mol. The second-order valence-corrected chi connectivity index (χ2v) is 10.5. The van der Waals surface area contributed by atoms with Gasteiger partial charge < -0.3 is 28.4 Å². The molecule has 0 heterocycles. The highest BCUT2D eigenvalue weighted by atomic mass is 16.6. The fraction of sp³-hybridized carbons (Fsp3) is 0.243. The van der Waals surface area contributed by atoms with Crippen molar-refractivity contribution in [1.29, 1.82) is 0 Å². The molecule has 0 saturated carbocycles. The van der Waals surface area contributed by atoms with Gasteiger partial charge in [-0.2, -0.15) is 0 Å². The van der Waals surface area contributed by atoms with Crippen molar-refractivity contribution in [2.45, 2.75) is 33.0 Å². The van der Waals surface area contributed by atoms with Gasteiger partial charge in [0.2, 0.25) is 0 Å². The van der Waals surface area contributed by atoms with Crippen molar-refractivity contribution in [3.05, 3.63) is 121 Å². The van der Waals surface area contributed by atoms with E-state index in [1.54, 1.807) is 13.8 Å². The van der Waals surface area contributed by atoms with Crippen molar-refractivity contribution in [2.24, 2.45) is 0 Å². The smallest absolute Gasteiger partial charge is 0.333 e. The van der Waals surface area contributed by atoms with Crippen LogP contribution in [-0.2, 0) is 19.1 Å². The second kappa shape index (κ2) is 16.0. The Morgan fingerprint density at radius 2 is 1.07 bits per heavy atom. The molecule has 2 atom stereocenters. The number of fused-ring (bicyclic) bond motifs is 1. The van der Waals surface area contributed by atoms with Gasteiger partial charge in [-0.05, 0) is 56.7 Å². The van der Waals surface area contributed by atoms with Crippen LogP contribution < -0.4 is 18.9 Å². The summed E-state index contributed by atoms with van der Waals surface area (Å²) in [6.07, 6.45) is -1.39. The van der Waals surface area contributed by atoms with Crippen LogP contribution in [0.2, 0.25) is 0 Å². The molecular weight excluding hydrogens is 572 g/mol. The fourth-order valence-corrected chi connectivity index (χ4v) is 4.23. The molecule has 8 heteroatoms. The van der Waals surface area contributed by atoms with E-state index >= 15 is 0 Å². The van der Waals surface area contributed by atoms with Crippen LogP contribution in [0.4, 0.5) is 0 Å². The highest BCUT2D eigenvalue weighted by molar-refractivity contribution is 5.94. The normalized spacial score (nSPS) is 12.0. The third-order valence-electron chi connectivity index (χ3n) is 6.61. The maximum Gasteiger partial charge on any atom is 0.333 e. The molecule has 0 N–H and O–H groups in total. The molecule has 0 aliphatic rings. The highest BCUT2D eigenvalue weighted by Crippen LogP contribution is 2.35. The van der Waals surface area contributed by atoms with Crippen LogP contribution in [-0.4, -0.2) is 50.6 Å². The van der Waals surface area contributed by atoms with Gasteiger partial charge in [-0.1, -0.05) is 73.8 Å². The molecule has 8 nitrogen and oxygen atoms in total. The van der Waals surface area contributed by atoms with E-state index in [0.29, 0.717) is 23.0 Å². The lowest BCUT2D eigenvalue weighted by atomic mass is 10.1. The molecule has 0 fully saturated rings. The Labute approximate surface area is 263 Å². The SMILES string of the molecule is C=C(C)C(=O)OC(COc1ccccc1)COc1cccc2c(OCC(COc3ccccc3)OC(=O)C(=C)C)c(C)ccc12. The molecule has 0 aromatic heterocycles. The van der Waals surface area contributed by atoms with E-state index < -0.39 is 24.1 Å². The first-order chi connectivity index (χ1) is 21.7. The Morgan fingerprint density at radius 3 is 1.58 bits per heavy atom. The number of benzene rings is 4. The van der Waals surface area contributed by atoms with Gasteiger partial charge in [0.05, 0.1) is 0 Å². The lowest BCUT2D eigenvalue weighted by Crippen LogP contribution is -2.31. The zero-order chi connectivity index (χ0) is 32.2. The van der Waals surface area contributed by atoms with Gasteiger partial charge in [0.25, 0.3) is 0 Å². The zero-order valence-electron chi connectivity index (χ0n) is 25.8. The average Bonchev–Trinajstić information content (AvgIpc) is 3.04. The quantitative estimate of drug-likeness (QED) is 0.0986. The van der Waals surface area contributed by atoms with Gasteiger partial charge in [-0.3, -0.25) is 0 Å². The maximum absolute atomic E-state index is 12.4. The van der Waals surface area contributed by atoms with E-state index in [4.69, 9.17) is 28.4 Å². The molecule has 2 unspecified atom stereocenters. The summed E-state index contributed by atoms with van der Waals surface area (Å²) in [7, 11) is 0. The molecule has 0 saturated heterocycles. The number of ether oxygens (including phenoxy) is 6. The minimum Gasteiger partial charge on any atom is -0.490 e. The molecule has 4 rings (SSSR count). The average molecular weight is 611 g/mol. The first-order valence-electron chi connectivity index (χ1n) is 14.6. The Morgan fingerprint density at radius 1 is 0.578 bits per heavy atom. The van der Waals surface area contributed by atoms with Crippen LogP contribution in [0.5, 0.6) is 23.0 Å². The Bertz CT molecular complexity index is 1610. The maximum atomic E-state index is 12.4. The molecule has 4 aromatic rings. The number of carbonyl (C=O) groups is 2. The predicted molar refractivity (Wildman–Crippen MR) is 173 cm³/mol. The summed E-state index contributed by atoms with van der Waals surface area (Å²) in [5.74, 6) is 1.44. The van der Waals surface area contributed by atoms with Crippen LogP contribution in [0, 0.1) is 6.92 Å². The van der Waals surface area contributed by atoms with Gasteiger partial charge in [0.1, 0.15) is 49.4 Å². The summed E-state index contributed by atoms with van der Waals surface area (Å²) in [5, 5.41) is 1.60. The predicted octanol–water partition coefficient (Wildman–Crippen LogP) is 7.04. The minimum absolute atomic E-state index is 0.0464. The Hall–Kier alpha value is -5.24. The molecule has 0 bridgehead atoms. The molecule has 45 heavy (non-hydrogen) atoms. The molecule has 0 amide bonds. The summed E-state index contributed by atoms with van der Waals surface area (Å²) in [6, 6.07) is 28.0. The topological polar surface area (TPSA) is 89.5 Å². The summed E-state index contributed by atoms with van der Waals surface area (Å²) in [4.78, 5) is 24.7. The van der Waals surface area contributed by atoms with Gasteiger partial charge in [-0.25, -0.2) is 9.59 Å². The number of aryl methyl sites for hydroxylation is 1. The molecule has 0 aliphatic heterocycles. The second-order valence-electron chi connectivity index (χ2n) is 10.5. The Kier molecular flexibility index (Phi) is 11.6. The van der Waals surface area contributed by atoms with E-state index in [9.17, 15) is 9.59 Å². The minimum atomic E-state index is -0.697. The van der Waals surface area contributed by atoms with Crippen LogP contribution in [0.3, 0.4) is 0 Å². The molecule has 0 aliphatic carbocycles. The van der Waals surface area contributed by atoms with E-state index in [-0.39, 0.29) is 37.6 Å². The lowest BCUT2D eigenvalue weighted by molar-refractivity contribution is -0.148. The van der Waals surface area contributed by atoms with E-state index in [0.717, 1.165) is 16.3 Å². The van der Waals surface area contributed by atoms with Crippen LogP contribution in [0.25, 0.3) is 10.8 Å². The van der Waals surface area contributed by atoms with Gasteiger partial charge >= 0.3 is 11.9 Å². The molecule has 0 radical (unpaired) electrons. The first-order valence-corrected chi connectivity index (χ1v) is 14.6. The van der Waals surface area contributed by atoms with Crippen molar-refractivity contribution in [3.63, 3.8) is 0 Å². The van der Waals surface area contributed by atoms with Gasteiger partial charge in [0, 0.05) is 21.9 Å². The first kappa shape index (κ1) is 32.7. The van der Waals surface area contributed by atoms with E-state index in [2.05, 4.69) is 13.2 Å². The van der Waals surface area contributed by atoms with E-state index in [1.165, 1.54) is 0 Å². The third kappa shape index (κ3) is 9.63. The molecule has 234 valence electrons. The van der Waals surface area contributed by atoms with Crippen LogP contribution >= 0.6 is 0 Å². The summed E-state index contributed by atoms with van der Waals surface area (Å²) >= 11 is 0. The number of hydrogen-bond acceptors (Lipinski definition) is 8. The summed E-state index contributed by atoms with van der Waals surface area (Å²) in [5.41, 5.74) is 1.45. The highest BCUT2D eigenvalue weighted by Gasteiger charge is 2.21. The molecule has 4 aromatic carbocycles. The summed E-state index contributed by atoms with van der Waals surface area (Å²) < 4.78 is 35.4. The van der Waals surface area contributed by atoms with Crippen LogP contribution in [0.1, 0.15) is 19.4 Å². The number of esters is 2. The number of hydrogen-bond donors (Lipinski definition) is 0. The molecule has 0 spiro atoms. The third-order valence-corrected chi connectivity index (χ3v) is 6.61. The zero-order valence-corrected chi connectivity index (χ0v) is 25.8. The van der Waals surface area contributed by atoms with Crippen molar-refractivity contribution >= 4 is 22.7 Å². The molecular formula is C37H38O8. The standard InChI is InChI=1S/C37H38O8/c1-25(2)36(38)44-30(21-40-28-13-8-6-9-14-28)23-42-34-18-12-17-33-32(34)20-19-27(5)35(33)43-24-31(45-37(39)26(3)4)22-41-29-15-10-7-11-16-29/h6-20,30-31H,1,3,21-24H2,2,4-5H3. The van der Waals surface area contributed by atoms with Crippen molar-refractivity contribution in [2.75, 3.05) is 26.4 Å². The largest absolute Gasteiger partial charge is 0.490 e. The number of para-hydroxylation sites is 2. The van der Waals surface area contributed by atoms with Crippen molar-refractivity contribution in [3.8, 4) is 23.0 Å². The Balaban J connectivity index is 1.50. The van der Waals surface area contributed by atoms with Gasteiger partial charge in [-0.15, -0.1) is 0 Å². The lowest BCUT2D eigenvalue weighted by Gasteiger charge is -2.22. The van der Waals surface area contributed by atoms with E-state index in [1.807, 2.05) is 97.9 Å². The number of carbonyl (C=O) groups excluding carboxylic acids is 2. The van der Waals surface area contributed by atoms with Crippen LogP contribution in [0.15, 0.2) is 115 Å². The van der Waals surface area contributed by atoms with Gasteiger partial charge in [0.15, 0.2) is 12.2 Å². The van der Waals surface area contributed by atoms with Crippen molar-refractivity contribution < 1.29 is 38.0 Å². The fourth-order valence-electron chi connectivity index (χ4n) is 4.23. The van der Waals surface area contributed by atoms with Crippen molar-refractivity contribution in [1.82, 2.24) is 0 Å². The summed E-state index contributed by atoms with van der Waals surface area (Å²) in [6.45, 7) is 12.8. The number of rotatable bonds is 16.